The number of halogens is 1. The molecule has 2 aromatic carbocycles. The molecule has 0 aromatic heterocycles. The van der Waals surface area contributed by atoms with Gasteiger partial charge in [-0.05, 0) is 42.3 Å². The second-order valence-electron chi connectivity index (χ2n) is 4.21. The first kappa shape index (κ1) is 14.3. The Hall–Kier alpha value is -1.16. The molecule has 1 atom stereocenters. The maximum atomic E-state index is 9.80. The predicted octanol–water partition coefficient (Wildman–Crippen LogP) is 3.74. The Bertz CT molecular complexity index is 531. The molecule has 0 aliphatic heterocycles. The zero-order valence-electron chi connectivity index (χ0n) is 10.3. The first-order valence-electron chi connectivity index (χ1n) is 5.99. The molecule has 1 unspecified atom stereocenters. The Balaban J connectivity index is 2.09. The highest BCUT2D eigenvalue weighted by atomic mass is 35.5. The van der Waals surface area contributed by atoms with E-state index >= 15 is 0 Å². The molecule has 0 heterocycles. The largest absolute Gasteiger partial charge is 0.508 e. The Morgan fingerprint density at radius 3 is 2.53 bits per heavy atom. The first-order chi connectivity index (χ1) is 9.19. The van der Waals surface area contributed by atoms with E-state index in [9.17, 15) is 10.2 Å². The highest BCUT2D eigenvalue weighted by Gasteiger charge is 2.13. The maximum Gasteiger partial charge on any atom is 0.118 e. The minimum absolute atomic E-state index is 0.00762. The minimum atomic E-state index is -0.00762. The van der Waals surface area contributed by atoms with Gasteiger partial charge in [-0.3, -0.25) is 0 Å². The lowest BCUT2D eigenvalue weighted by atomic mass is 10.1. The number of phenolic OH excluding ortho intramolecular Hbond substituents is 1. The van der Waals surface area contributed by atoms with Gasteiger partial charge in [0, 0.05) is 15.2 Å². The van der Waals surface area contributed by atoms with Gasteiger partial charge in [-0.15, -0.1) is 11.8 Å². The van der Waals surface area contributed by atoms with E-state index in [0.717, 1.165) is 10.5 Å². The topological polar surface area (TPSA) is 40.5 Å². The van der Waals surface area contributed by atoms with Crippen molar-refractivity contribution in [1.29, 1.82) is 0 Å². The summed E-state index contributed by atoms with van der Waals surface area (Å²) in [5.74, 6) is 0.219. The van der Waals surface area contributed by atoms with Crippen LogP contribution in [0.5, 0.6) is 5.75 Å². The highest BCUT2D eigenvalue weighted by molar-refractivity contribution is 8.00. The lowest BCUT2D eigenvalue weighted by Gasteiger charge is -2.15. The molecule has 0 fully saturated rings. The number of hydrogen-bond acceptors (Lipinski definition) is 3. The summed E-state index contributed by atoms with van der Waals surface area (Å²) in [6, 6.07) is 14.9. The molecule has 0 saturated heterocycles. The average molecular weight is 295 g/mol. The van der Waals surface area contributed by atoms with Gasteiger partial charge in [0.1, 0.15) is 5.75 Å². The molecule has 2 nitrogen and oxygen atoms in total. The summed E-state index contributed by atoms with van der Waals surface area (Å²) in [5.41, 5.74) is 0.759. The molecule has 0 amide bonds. The van der Waals surface area contributed by atoms with Gasteiger partial charge < -0.3 is 10.2 Å². The highest BCUT2D eigenvalue weighted by Crippen LogP contribution is 2.29. The fourth-order valence-electron chi connectivity index (χ4n) is 1.80. The second-order valence-corrected chi connectivity index (χ2v) is 6.02. The average Bonchev–Trinajstić information content (AvgIpc) is 2.43. The van der Waals surface area contributed by atoms with Crippen LogP contribution in [-0.2, 0) is 6.42 Å². The smallest absolute Gasteiger partial charge is 0.118 e. The van der Waals surface area contributed by atoms with Crippen LogP contribution in [0.4, 0.5) is 0 Å². The van der Waals surface area contributed by atoms with Gasteiger partial charge in [0.2, 0.25) is 0 Å². The zero-order chi connectivity index (χ0) is 13.7. The van der Waals surface area contributed by atoms with Gasteiger partial charge in [-0.2, -0.15) is 0 Å². The van der Waals surface area contributed by atoms with Crippen molar-refractivity contribution < 1.29 is 10.2 Å². The fraction of sp³-hybridized carbons (Fsp3) is 0.200. The van der Waals surface area contributed by atoms with Crippen molar-refractivity contribution in [2.24, 2.45) is 0 Å². The van der Waals surface area contributed by atoms with Crippen LogP contribution in [0.3, 0.4) is 0 Å². The molecule has 2 rings (SSSR count). The summed E-state index contributed by atoms with van der Waals surface area (Å²) in [6.07, 6.45) is 0.572. The normalized spacial score (nSPS) is 12.3. The third kappa shape index (κ3) is 4.16. The molecule has 0 aliphatic rings. The number of aliphatic hydroxyl groups is 1. The van der Waals surface area contributed by atoms with E-state index < -0.39 is 0 Å². The van der Waals surface area contributed by atoms with Gasteiger partial charge in [0.15, 0.2) is 0 Å². The molecule has 0 aliphatic carbocycles. The van der Waals surface area contributed by atoms with Crippen molar-refractivity contribution in [3.8, 4) is 5.75 Å². The van der Waals surface area contributed by atoms with Crippen molar-refractivity contribution >= 4 is 23.4 Å². The molecule has 2 aromatic rings. The van der Waals surface area contributed by atoms with Crippen LogP contribution < -0.4 is 0 Å². The summed E-state index contributed by atoms with van der Waals surface area (Å²) in [5, 5.41) is 19.9. The lowest BCUT2D eigenvalue weighted by Crippen LogP contribution is -2.12. The summed E-state index contributed by atoms with van der Waals surface area (Å²) >= 11 is 7.52. The number of aliphatic hydroxyl groups excluding tert-OH is 1. The zero-order valence-corrected chi connectivity index (χ0v) is 11.9. The molecule has 0 saturated carbocycles. The summed E-state index contributed by atoms with van der Waals surface area (Å²) < 4.78 is 0. The monoisotopic (exact) mass is 294 g/mol. The number of phenols is 1. The molecule has 0 spiro atoms. The molecule has 19 heavy (non-hydrogen) atoms. The van der Waals surface area contributed by atoms with Crippen LogP contribution >= 0.6 is 23.4 Å². The first-order valence-corrected chi connectivity index (χ1v) is 7.25. The molecule has 0 bridgehead atoms. The molecular weight excluding hydrogens is 280 g/mol. The number of hydrogen-bond donors (Lipinski definition) is 2. The number of thioether (sulfide) groups is 1. The SMILES string of the molecule is OCC(Cc1cc(Cl)ccc1O)Sc1ccccc1. The van der Waals surface area contributed by atoms with Gasteiger partial charge in [0.05, 0.1) is 6.61 Å². The Labute approximate surface area is 122 Å². The van der Waals surface area contributed by atoms with Crippen molar-refractivity contribution in [3.63, 3.8) is 0 Å². The van der Waals surface area contributed by atoms with Gasteiger partial charge in [0.25, 0.3) is 0 Å². The molecular formula is C15H15ClO2S. The lowest BCUT2D eigenvalue weighted by molar-refractivity contribution is 0.293. The molecule has 100 valence electrons. The van der Waals surface area contributed by atoms with E-state index in [1.165, 1.54) is 0 Å². The quantitative estimate of drug-likeness (QED) is 0.825. The Kier molecular flexibility index (Phi) is 5.14. The molecule has 0 radical (unpaired) electrons. The van der Waals surface area contributed by atoms with E-state index in [2.05, 4.69) is 0 Å². The second kappa shape index (κ2) is 6.85. The van der Waals surface area contributed by atoms with E-state index in [1.54, 1.807) is 30.0 Å². The number of rotatable bonds is 5. The third-order valence-corrected chi connectivity index (χ3v) is 4.17. The number of benzene rings is 2. The summed E-state index contributed by atoms with van der Waals surface area (Å²) in [4.78, 5) is 1.10. The van der Waals surface area contributed by atoms with E-state index in [-0.39, 0.29) is 17.6 Å². The third-order valence-electron chi connectivity index (χ3n) is 2.74. The van der Waals surface area contributed by atoms with Crippen LogP contribution in [0.2, 0.25) is 5.02 Å². The van der Waals surface area contributed by atoms with Crippen LogP contribution in [0.15, 0.2) is 53.4 Å². The number of aromatic hydroxyl groups is 1. The Morgan fingerprint density at radius 2 is 1.84 bits per heavy atom. The van der Waals surface area contributed by atoms with E-state index in [0.29, 0.717) is 11.4 Å². The van der Waals surface area contributed by atoms with Crippen LogP contribution in [-0.4, -0.2) is 22.1 Å². The predicted molar refractivity (Wildman–Crippen MR) is 80.0 cm³/mol. The van der Waals surface area contributed by atoms with Gasteiger partial charge in [-0.25, -0.2) is 0 Å². The fourth-order valence-corrected chi connectivity index (χ4v) is 3.03. The van der Waals surface area contributed by atoms with Crippen molar-refractivity contribution in [1.82, 2.24) is 0 Å². The van der Waals surface area contributed by atoms with Crippen molar-refractivity contribution in [2.75, 3.05) is 6.61 Å². The summed E-state index contributed by atoms with van der Waals surface area (Å²) in [7, 11) is 0. The summed E-state index contributed by atoms with van der Waals surface area (Å²) in [6.45, 7) is 0.0471. The van der Waals surface area contributed by atoms with Crippen molar-refractivity contribution in [3.05, 3.63) is 59.1 Å². The van der Waals surface area contributed by atoms with Gasteiger partial charge in [-0.1, -0.05) is 29.8 Å². The molecule has 4 heteroatoms. The standard InChI is InChI=1S/C15H15ClO2S/c16-12-6-7-15(18)11(8-12)9-14(10-17)19-13-4-2-1-3-5-13/h1-8,14,17-18H,9-10H2. The van der Waals surface area contributed by atoms with Gasteiger partial charge >= 0.3 is 0 Å². The van der Waals surface area contributed by atoms with E-state index in [1.807, 2.05) is 30.3 Å². The molecule has 2 N–H and O–H groups in total. The minimum Gasteiger partial charge on any atom is -0.508 e. The Morgan fingerprint density at radius 1 is 1.11 bits per heavy atom. The van der Waals surface area contributed by atoms with E-state index in [4.69, 9.17) is 11.6 Å². The van der Waals surface area contributed by atoms with Crippen LogP contribution in [0.1, 0.15) is 5.56 Å². The maximum absolute atomic E-state index is 9.80. The van der Waals surface area contributed by atoms with Crippen molar-refractivity contribution in [2.45, 2.75) is 16.6 Å². The van der Waals surface area contributed by atoms with Crippen LogP contribution in [0, 0.1) is 0 Å². The van der Waals surface area contributed by atoms with Crippen LogP contribution in [0.25, 0.3) is 0 Å².